The summed E-state index contributed by atoms with van der Waals surface area (Å²) in [7, 11) is 0. The number of para-hydroxylation sites is 1. The largest absolute Gasteiger partial charge is 0.481 e. The number of fused-ring (bicyclic) bond motifs is 1. The number of aryl methyl sites for hydroxylation is 1. The molecule has 0 radical (unpaired) electrons. The highest BCUT2D eigenvalue weighted by atomic mass is 35.5. The zero-order valence-corrected chi connectivity index (χ0v) is 16.6. The smallest absolute Gasteiger partial charge is 0.235 e. The standard InChI is InChI=1S/C23H16Cl2O3/c1-14-6-8-15(9-7-14)22-23(21(26)18-4-2-3-5-20(18)28-22)27-13-16-10-11-17(24)12-19(16)25/h2-12H,13H2,1H3. The summed E-state index contributed by atoms with van der Waals surface area (Å²) in [5.41, 5.74) is 2.91. The third kappa shape index (κ3) is 3.64. The van der Waals surface area contributed by atoms with E-state index >= 15 is 0 Å². The second kappa shape index (κ2) is 7.70. The lowest BCUT2D eigenvalue weighted by Crippen LogP contribution is -2.10. The van der Waals surface area contributed by atoms with Crippen LogP contribution in [0.5, 0.6) is 5.75 Å². The molecule has 140 valence electrons. The van der Waals surface area contributed by atoms with Gasteiger partial charge < -0.3 is 9.15 Å². The predicted octanol–water partition coefficient (Wildman–Crippen LogP) is 6.65. The van der Waals surface area contributed by atoms with E-state index in [-0.39, 0.29) is 17.8 Å². The molecule has 0 aliphatic heterocycles. The highest BCUT2D eigenvalue weighted by Crippen LogP contribution is 2.32. The Morgan fingerprint density at radius 3 is 2.46 bits per heavy atom. The Morgan fingerprint density at radius 2 is 1.71 bits per heavy atom. The molecule has 3 aromatic carbocycles. The number of hydrogen-bond acceptors (Lipinski definition) is 3. The summed E-state index contributed by atoms with van der Waals surface area (Å²) in [5.74, 6) is 0.558. The van der Waals surface area contributed by atoms with Crippen LogP contribution in [0.15, 0.2) is 75.9 Å². The fourth-order valence-corrected chi connectivity index (χ4v) is 3.40. The van der Waals surface area contributed by atoms with Crippen molar-refractivity contribution in [3.8, 4) is 17.1 Å². The predicted molar refractivity (Wildman–Crippen MR) is 113 cm³/mol. The zero-order valence-electron chi connectivity index (χ0n) is 15.0. The molecule has 0 aliphatic carbocycles. The molecule has 1 aromatic heterocycles. The molecule has 5 heteroatoms. The average molecular weight is 411 g/mol. The number of halogens is 2. The molecule has 0 unspecified atom stereocenters. The van der Waals surface area contributed by atoms with E-state index in [0.717, 1.165) is 16.7 Å². The third-order valence-electron chi connectivity index (χ3n) is 4.46. The van der Waals surface area contributed by atoms with Crippen molar-refractivity contribution in [3.05, 3.63) is 98.1 Å². The third-order valence-corrected chi connectivity index (χ3v) is 5.04. The summed E-state index contributed by atoms with van der Waals surface area (Å²) < 4.78 is 12.0. The van der Waals surface area contributed by atoms with Crippen LogP contribution in [-0.4, -0.2) is 0 Å². The van der Waals surface area contributed by atoms with E-state index in [1.165, 1.54) is 0 Å². The first-order chi connectivity index (χ1) is 13.5. The van der Waals surface area contributed by atoms with E-state index in [2.05, 4.69) is 0 Å². The quantitative estimate of drug-likeness (QED) is 0.377. The minimum absolute atomic E-state index is 0.123. The van der Waals surface area contributed by atoms with Gasteiger partial charge in [-0.15, -0.1) is 0 Å². The summed E-state index contributed by atoms with van der Waals surface area (Å²) in [4.78, 5) is 13.1. The number of hydrogen-bond donors (Lipinski definition) is 0. The van der Waals surface area contributed by atoms with E-state index in [4.69, 9.17) is 32.4 Å². The van der Waals surface area contributed by atoms with E-state index in [1.807, 2.05) is 37.3 Å². The van der Waals surface area contributed by atoms with E-state index in [9.17, 15) is 4.79 Å². The van der Waals surface area contributed by atoms with Gasteiger partial charge in [-0.3, -0.25) is 4.79 Å². The van der Waals surface area contributed by atoms with Crippen molar-refractivity contribution in [1.82, 2.24) is 0 Å². The summed E-state index contributed by atoms with van der Waals surface area (Å²) in [6.07, 6.45) is 0. The maximum Gasteiger partial charge on any atom is 0.235 e. The molecule has 0 bridgehead atoms. The van der Waals surface area contributed by atoms with Gasteiger partial charge in [-0.05, 0) is 31.2 Å². The number of benzene rings is 3. The van der Waals surface area contributed by atoms with Crippen LogP contribution in [0, 0.1) is 6.92 Å². The summed E-state index contributed by atoms with van der Waals surface area (Å²) in [6, 6.07) is 20.0. The molecule has 0 amide bonds. The first kappa shape index (κ1) is 18.6. The van der Waals surface area contributed by atoms with Crippen molar-refractivity contribution in [1.29, 1.82) is 0 Å². The van der Waals surface area contributed by atoms with Crippen molar-refractivity contribution in [2.75, 3.05) is 0 Å². The molecule has 4 rings (SSSR count). The Bertz CT molecular complexity index is 1210. The van der Waals surface area contributed by atoms with Crippen molar-refractivity contribution in [2.24, 2.45) is 0 Å². The van der Waals surface area contributed by atoms with Crippen LogP contribution in [-0.2, 0) is 6.61 Å². The molecule has 0 saturated heterocycles. The Morgan fingerprint density at radius 1 is 0.964 bits per heavy atom. The van der Waals surface area contributed by atoms with Crippen molar-refractivity contribution >= 4 is 34.2 Å². The lowest BCUT2D eigenvalue weighted by molar-refractivity contribution is 0.298. The second-order valence-electron chi connectivity index (χ2n) is 6.48. The lowest BCUT2D eigenvalue weighted by Gasteiger charge is -2.13. The van der Waals surface area contributed by atoms with Crippen LogP contribution in [0.2, 0.25) is 10.0 Å². The van der Waals surface area contributed by atoms with Gasteiger partial charge in [0.1, 0.15) is 12.2 Å². The molecule has 0 N–H and O–H groups in total. The SMILES string of the molecule is Cc1ccc(-c2oc3ccccc3c(=O)c2OCc2ccc(Cl)cc2Cl)cc1. The minimum Gasteiger partial charge on any atom is -0.481 e. The van der Waals surface area contributed by atoms with Gasteiger partial charge in [0.25, 0.3) is 0 Å². The Hall–Kier alpha value is -2.75. The van der Waals surface area contributed by atoms with Gasteiger partial charge in [0.2, 0.25) is 11.2 Å². The summed E-state index contributed by atoms with van der Waals surface area (Å²) in [6.45, 7) is 2.12. The minimum atomic E-state index is -0.220. The van der Waals surface area contributed by atoms with Gasteiger partial charge in [0.05, 0.1) is 5.39 Å². The zero-order chi connectivity index (χ0) is 19.7. The molecule has 0 spiro atoms. The molecular weight excluding hydrogens is 395 g/mol. The molecule has 0 saturated carbocycles. The summed E-state index contributed by atoms with van der Waals surface area (Å²) >= 11 is 12.2. The van der Waals surface area contributed by atoms with Gasteiger partial charge >= 0.3 is 0 Å². The molecule has 1 heterocycles. The van der Waals surface area contributed by atoms with Crippen LogP contribution in [0.25, 0.3) is 22.3 Å². The molecule has 0 fully saturated rings. The molecule has 3 nitrogen and oxygen atoms in total. The maximum absolute atomic E-state index is 13.1. The maximum atomic E-state index is 13.1. The monoisotopic (exact) mass is 410 g/mol. The Balaban J connectivity index is 1.82. The van der Waals surface area contributed by atoms with Crippen LogP contribution in [0.3, 0.4) is 0 Å². The van der Waals surface area contributed by atoms with Gasteiger partial charge in [-0.25, -0.2) is 0 Å². The molecular formula is C23H16Cl2O3. The van der Waals surface area contributed by atoms with Gasteiger partial charge in [-0.2, -0.15) is 0 Å². The molecule has 0 atom stereocenters. The van der Waals surface area contributed by atoms with Gasteiger partial charge in [-0.1, -0.05) is 71.2 Å². The Kier molecular flexibility index (Phi) is 5.12. The first-order valence-electron chi connectivity index (χ1n) is 8.72. The van der Waals surface area contributed by atoms with Crippen LogP contribution >= 0.6 is 23.2 Å². The lowest BCUT2D eigenvalue weighted by atomic mass is 10.1. The highest BCUT2D eigenvalue weighted by molar-refractivity contribution is 6.35. The van der Waals surface area contributed by atoms with Crippen LogP contribution in [0.4, 0.5) is 0 Å². The van der Waals surface area contributed by atoms with E-state index < -0.39 is 0 Å². The van der Waals surface area contributed by atoms with E-state index in [0.29, 0.717) is 26.8 Å². The van der Waals surface area contributed by atoms with Crippen LogP contribution in [0.1, 0.15) is 11.1 Å². The number of rotatable bonds is 4. The topological polar surface area (TPSA) is 39.4 Å². The molecule has 0 aliphatic rings. The first-order valence-corrected chi connectivity index (χ1v) is 9.48. The fraction of sp³-hybridized carbons (Fsp3) is 0.0870. The number of ether oxygens (including phenoxy) is 1. The fourth-order valence-electron chi connectivity index (χ4n) is 2.94. The summed E-state index contributed by atoms with van der Waals surface area (Å²) in [5, 5.41) is 1.49. The Labute approximate surface area is 172 Å². The normalized spacial score (nSPS) is 11.0. The van der Waals surface area contributed by atoms with Crippen LogP contribution < -0.4 is 10.2 Å². The van der Waals surface area contributed by atoms with Crippen molar-refractivity contribution in [3.63, 3.8) is 0 Å². The van der Waals surface area contributed by atoms with Gasteiger partial charge in [0.15, 0.2) is 5.76 Å². The average Bonchev–Trinajstić information content (AvgIpc) is 2.69. The second-order valence-corrected chi connectivity index (χ2v) is 7.32. The van der Waals surface area contributed by atoms with Crippen molar-refractivity contribution in [2.45, 2.75) is 13.5 Å². The molecule has 4 aromatic rings. The highest BCUT2D eigenvalue weighted by Gasteiger charge is 2.18. The van der Waals surface area contributed by atoms with Gasteiger partial charge in [0, 0.05) is 21.2 Å². The molecule has 28 heavy (non-hydrogen) atoms. The van der Waals surface area contributed by atoms with Crippen molar-refractivity contribution < 1.29 is 9.15 Å². The van der Waals surface area contributed by atoms with E-state index in [1.54, 1.807) is 36.4 Å².